The number of hydrogen-bond donors (Lipinski definition) is 2. The van der Waals surface area contributed by atoms with Crippen LogP contribution in [0.1, 0.15) is 18.9 Å². The minimum Gasteiger partial charge on any atom is -0.324 e. The Bertz CT molecular complexity index is 870. The molecule has 0 bridgehead atoms. The van der Waals surface area contributed by atoms with E-state index in [2.05, 4.69) is 26.0 Å². The molecule has 0 radical (unpaired) electrons. The summed E-state index contributed by atoms with van der Waals surface area (Å²) in [5.74, 6) is -0.993. The normalized spacial score (nSPS) is 12.6. The maximum Gasteiger partial charge on any atom is 0.242 e. The molecule has 5 nitrogen and oxygen atoms in total. The van der Waals surface area contributed by atoms with Crippen molar-refractivity contribution >= 4 is 37.5 Å². The minimum absolute atomic E-state index is 0.0972. The molecule has 25 heavy (non-hydrogen) atoms. The summed E-state index contributed by atoms with van der Waals surface area (Å²) >= 11 is 3.34. The van der Waals surface area contributed by atoms with Crippen LogP contribution >= 0.6 is 15.9 Å². The second-order valence-corrected chi connectivity index (χ2v) is 8.11. The topological polar surface area (TPSA) is 75.3 Å². The average molecular weight is 429 g/mol. The summed E-state index contributed by atoms with van der Waals surface area (Å²) in [6.07, 6.45) is 0.266. The van der Waals surface area contributed by atoms with Crippen LogP contribution in [0.15, 0.2) is 51.8 Å². The molecular formula is C17H18BrFN2O3S. The van der Waals surface area contributed by atoms with Crippen molar-refractivity contribution < 1.29 is 17.6 Å². The fraction of sp³-hybridized carbons (Fsp3) is 0.235. The van der Waals surface area contributed by atoms with E-state index in [9.17, 15) is 17.6 Å². The largest absolute Gasteiger partial charge is 0.324 e. The Hall–Kier alpha value is -1.77. The summed E-state index contributed by atoms with van der Waals surface area (Å²) in [6, 6.07) is 8.84. The predicted octanol–water partition coefficient (Wildman–Crippen LogP) is 3.59. The summed E-state index contributed by atoms with van der Waals surface area (Å²) in [5.41, 5.74) is 1.45. The molecule has 0 aliphatic carbocycles. The van der Waals surface area contributed by atoms with E-state index in [1.54, 1.807) is 19.1 Å². The first-order valence-electron chi connectivity index (χ1n) is 7.58. The van der Waals surface area contributed by atoms with Crippen LogP contribution in [0.3, 0.4) is 0 Å². The number of amides is 1. The molecule has 8 heteroatoms. The van der Waals surface area contributed by atoms with Gasteiger partial charge >= 0.3 is 0 Å². The number of carbonyl (C=O) groups excluding carboxylic acids is 1. The van der Waals surface area contributed by atoms with Gasteiger partial charge in [-0.2, -0.15) is 4.72 Å². The maximum absolute atomic E-state index is 13.0. The van der Waals surface area contributed by atoms with Gasteiger partial charge in [-0.1, -0.05) is 22.9 Å². The monoisotopic (exact) mass is 428 g/mol. The Balaban J connectivity index is 2.15. The number of aryl methyl sites for hydroxylation is 1. The van der Waals surface area contributed by atoms with E-state index in [4.69, 9.17) is 0 Å². The van der Waals surface area contributed by atoms with E-state index in [-0.39, 0.29) is 11.3 Å². The lowest BCUT2D eigenvalue weighted by atomic mass is 10.1. The number of carbonyl (C=O) groups is 1. The Morgan fingerprint density at radius 3 is 2.40 bits per heavy atom. The molecule has 0 aliphatic heterocycles. The van der Waals surface area contributed by atoms with Gasteiger partial charge in [0.2, 0.25) is 15.9 Å². The zero-order valence-corrected chi connectivity index (χ0v) is 16.1. The van der Waals surface area contributed by atoms with Gasteiger partial charge in [0.1, 0.15) is 11.9 Å². The highest BCUT2D eigenvalue weighted by atomic mass is 79.9. The first kappa shape index (κ1) is 19.6. The van der Waals surface area contributed by atoms with Gasteiger partial charge in [-0.15, -0.1) is 0 Å². The van der Waals surface area contributed by atoms with Gasteiger partial charge in [0, 0.05) is 10.2 Å². The Morgan fingerprint density at radius 1 is 1.20 bits per heavy atom. The molecule has 1 atom stereocenters. The van der Waals surface area contributed by atoms with Crippen molar-refractivity contribution in [1.82, 2.24) is 4.72 Å². The first-order valence-corrected chi connectivity index (χ1v) is 9.85. The molecule has 1 amide bonds. The van der Waals surface area contributed by atoms with Gasteiger partial charge in [0.15, 0.2) is 0 Å². The molecule has 2 rings (SSSR count). The van der Waals surface area contributed by atoms with E-state index in [1.165, 1.54) is 0 Å². The van der Waals surface area contributed by atoms with Crippen LogP contribution < -0.4 is 10.0 Å². The predicted molar refractivity (Wildman–Crippen MR) is 98.3 cm³/mol. The van der Waals surface area contributed by atoms with Crippen molar-refractivity contribution in [2.75, 3.05) is 5.32 Å². The van der Waals surface area contributed by atoms with Gasteiger partial charge in [-0.05, 0) is 61.4 Å². The standard InChI is InChI=1S/C17H18BrFN2O3S/c1-3-15(17(22)20-16-9-4-12(18)10-11(16)2)21-25(23,24)14-7-5-13(19)6-8-14/h4-10,15,21H,3H2,1-2H3,(H,20,22). The number of nitrogens with one attached hydrogen (secondary N) is 2. The van der Waals surface area contributed by atoms with Crippen LogP contribution in [0.25, 0.3) is 0 Å². The van der Waals surface area contributed by atoms with Crippen molar-refractivity contribution in [2.24, 2.45) is 0 Å². The fourth-order valence-corrected chi connectivity index (χ4v) is 3.93. The van der Waals surface area contributed by atoms with Crippen LogP contribution in [-0.4, -0.2) is 20.4 Å². The third-order valence-corrected chi connectivity index (χ3v) is 5.57. The third kappa shape index (κ3) is 5.10. The number of rotatable bonds is 6. The summed E-state index contributed by atoms with van der Waals surface area (Å²) in [4.78, 5) is 12.3. The van der Waals surface area contributed by atoms with Crippen molar-refractivity contribution in [3.05, 3.63) is 58.3 Å². The lowest BCUT2D eigenvalue weighted by Crippen LogP contribution is -2.43. The highest BCUT2D eigenvalue weighted by Gasteiger charge is 2.24. The highest BCUT2D eigenvalue weighted by molar-refractivity contribution is 9.10. The smallest absolute Gasteiger partial charge is 0.242 e. The van der Waals surface area contributed by atoms with Crippen LogP contribution in [0, 0.1) is 12.7 Å². The first-order chi connectivity index (χ1) is 11.7. The lowest BCUT2D eigenvalue weighted by molar-refractivity contribution is -0.117. The van der Waals surface area contributed by atoms with Crippen molar-refractivity contribution in [3.8, 4) is 0 Å². The van der Waals surface area contributed by atoms with Crippen molar-refractivity contribution in [1.29, 1.82) is 0 Å². The quantitative estimate of drug-likeness (QED) is 0.737. The van der Waals surface area contributed by atoms with Crippen LogP contribution in [0.2, 0.25) is 0 Å². The maximum atomic E-state index is 13.0. The Morgan fingerprint density at radius 2 is 1.84 bits per heavy atom. The molecule has 2 aromatic rings. The van der Waals surface area contributed by atoms with E-state index >= 15 is 0 Å². The molecule has 0 saturated carbocycles. The highest BCUT2D eigenvalue weighted by Crippen LogP contribution is 2.20. The Labute approximate surface area is 154 Å². The van der Waals surface area contributed by atoms with Gasteiger partial charge in [-0.25, -0.2) is 12.8 Å². The number of halogens is 2. The third-order valence-electron chi connectivity index (χ3n) is 3.59. The molecule has 1 unspecified atom stereocenters. The summed E-state index contributed by atoms with van der Waals surface area (Å²) < 4.78 is 40.9. The molecule has 0 heterocycles. The van der Waals surface area contributed by atoms with Crippen LogP contribution in [0.4, 0.5) is 10.1 Å². The number of anilines is 1. The fourth-order valence-electron chi connectivity index (χ4n) is 2.18. The van der Waals surface area contributed by atoms with Crippen LogP contribution in [0.5, 0.6) is 0 Å². The number of benzene rings is 2. The summed E-state index contributed by atoms with van der Waals surface area (Å²) in [5, 5.41) is 2.72. The zero-order chi connectivity index (χ0) is 18.6. The van der Waals surface area contributed by atoms with E-state index < -0.39 is 27.8 Å². The minimum atomic E-state index is -3.93. The SMILES string of the molecule is CCC(NS(=O)(=O)c1ccc(F)cc1)C(=O)Nc1ccc(Br)cc1C. The van der Waals surface area contributed by atoms with Crippen molar-refractivity contribution in [3.63, 3.8) is 0 Å². The van der Waals surface area contributed by atoms with Gasteiger partial charge in [0.05, 0.1) is 4.90 Å². The van der Waals surface area contributed by atoms with E-state index in [0.29, 0.717) is 5.69 Å². The number of hydrogen-bond acceptors (Lipinski definition) is 3. The molecule has 0 spiro atoms. The molecule has 0 saturated heterocycles. The molecule has 0 aromatic heterocycles. The van der Waals surface area contributed by atoms with Crippen molar-refractivity contribution in [2.45, 2.75) is 31.2 Å². The van der Waals surface area contributed by atoms with Gasteiger partial charge < -0.3 is 5.32 Å². The van der Waals surface area contributed by atoms with Gasteiger partial charge in [-0.3, -0.25) is 4.79 Å². The lowest BCUT2D eigenvalue weighted by Gasteiger charge is -2.18. The molecule has 0 aliphatic rings. The average Bonchev–Trinajstić information content (AvgIpc) is 2.55. The van der Waals surface area contributed by atoms with E-state index in [0.717, 1.165) is 34.3 Å². The molecule has 2 aromatic carbocycles. The summed E-state index contributed by atoms with van der Waals surface area (Å²) in [6.45, 7) is 3.54. The second kappa shape index (κ2) is 8.07. The van der Waals surface area contributed by atoms with Gasteiger partial charge in [0.25, 0.3) is 0 Å². The Kier molecular flexibility index (Phi) is 6.31. The molecule has 134 valence electrons. The summed E-state index contributed by atoms with van der Waals surface area (Å²) in [7, 11) is -3.93. The number of sulfonamides is 1. The zero-order valence-electron chi connectivity index (χ0n) is 13.7. The van der Waals surface area contributed by atoms with Crippen LogP contribution in [-0.2, 0) is 14.8 Å². The molecule has 0 fully saturated rings. The molecule has 2 N–H and O–H groups in total. The molecular weight excluding hydrogens is 411 g/mol. The second-order valence-electron chi connectivity index (χ2n) is 5.48. The van der Waals surface area contributed by atoms with E-state index in [1.807, 2.05) is 13.0 Å².